The highest BCUT2D eigenvalue weighted by Gasteiger charge is 2.45. The molecule has 1 saturated carbocycles. The molecule has 0 atom stereocenters. The van der Waals surface area contributed by atoms with Crippen molar-refractivity contribution in [3.63, 3.8) is 0 Å². The Bertz CT molecular complexity index is 667. The van der Waals surface area contributed by atoms with Crippen LogP contribution >= 0.6 is 0 Å². The number of imidazole rings is 1. The molecule has 0 unspecified atom stereocenters. The number of nitrogens with zero attached hydrogens (tertiary/aromatic N) is 5. The summed E-state index contributed by atoms with van der Waals surface area (Å²) in [5, 5.41) is 0. The second-order valence-corrected chi connectivity index (χ2v) is 5.68. The van der Waals surface area contributed by atoms with Gasteiger partial charge in [-0.15, -0.1) is 0 Å². The normalized spacial score (nSPS) is 20.7. The number of fused-ring (bicyclic) bond motifs is 1. The predicted octanol–water partition coefficient (Wildman–Crippen LogP) is 2.66. The van der Waals surface area contributed by atoms with Gasteiger partial charge >= 0.3 is 0 Å². The molecule has 0 bridgehead atoms. The van der Waals surface area contributed by atoms with Crippen LogP contribution < -0.4 is 4.90 Å². The fourth-order valence-corrected chi connectivity index (χ4v) is 3.04. The SMILES string of the molecule is [C-]#[N+]c1cn2ccnc2c(N2CCC3(CC2)CC3)n1. The summed E-state index contributed by atoms with van der Waals surface area (Å²) < 4.78 is 1.90. The Labute approximate surface area is 111 Å². The van der Waals surface area contributed by atoms with E-state index in [-0.39, 0.29) is 0 Å². The summed E-state index contributed by atoms with van der Waals surface area (Å²) in [7, 11) is 0. The molecule has 96 valence electrons. The van der Waals surface area contributed by atoms with E-state index in [1.165, 1.54) is 25.7 Å². The van der Waals surface area contributed by atoms with Gasteiger partial charge in [-0.25, -0.2) is 4.98 Å². The lowest BCUT2D eigenvalue weighted by atomic mass is 9.94. The van der Waals surface area contributed by atoms with Crippen LogP contribution in [0.5, 0.6) is 0 Å². The predicted molar refractivity (Wildman–Crippen MR) is 72.4 cm³/mol. The van der Waals surface area contributed by atoms with E-state index in [1.807, 2.05) is 10.6 Å². The molecule has 0 radical (unpaired) electrons. The maximum absolute atomic E-state index is 7.17. The van der Waals surface area contributed by atoms with Crippen molar-refractivity contribution in [2.75, 3.05) is 18.0 Å². The largest absolute Gasteiger partial charge is 0.359 e. The summed E-state index contributed by atoms with van der Waals surface area (Å²) >= 11 is 0. The molecule has 1 spiro atoms. The smallest absolute Gasteiger partial charge is 0.288 e. The van der Waals surface area contributed by atoms with Crippen molar-refractivity contribution in [2.45, 2.75) is 25.7 Å². The van der Waals surface area contributed by atoms with E-state index in [0.29, 0.717) is 11.2 Å². The van der Waals surface area contributed by atoms with Crippen LogP contribution in [0.4, 0.5) is 11.6 Å². The van der Waals surface area contributed by atoms with Gasteiger partial charge in [-0.3, -0.25) is 0 Å². The van der Waals surface area contributed by atoms with Crippen LogP contribution in [-0.2, 0) is 0 Å². The maximum Gasteiger partial charge on any atom is 0.288 e. The molecular formula is C14H15N5. The third kappa shape index (κ3) is 1.67. The molecule has 0 N–H and O–H groups in total. The van der Waals surface area contributed by atoms with Gasteiger partial charge < -0.3 is 14.1 Å². The lowest BCUT2D eigenvalue weighted by Crippen LogP contribution is -2.35. The van der Waals surface area contributed by atoms with Crippen LogP contribution in [0, 0.1) is 12.0 Å². The zero-order chi connectivity index (χ0) is 12.9. The Morgan fingerprint density at radius 3 is 2.68 bits per heavy atom. The van der Waals surface area contributed by atoms with Crippen LogP contribution in [-0.4, -0.2) is 27.5 Å². The molecule has 0 aromatic carbocycles. The quantitative estimate of drug-likeness (QED) is 0.733. The monoisotopic (exact) mass is 253 g/mol. The number of aromatic nitrogens is 3. The highest BCUT2D eigenvalue weighted by molar-refractivity contribution is 5.67. The second-order valence-electron chi connectivity index (χ2n) is 5.68. The summed E-state index contributed by atoms with van der Waals surface area (Å²) in [5.74, 6) is 1.31. The van der Waals surface area contributed by atoms with Gasteiger partial charge in [0.05, 0.1) is 0 Å². The van der Waals surface area contributed by atoms with Crippen molar-refractivity contribution >= 4 is 17.3 Å². The Kier molecular flexibility index (Phi) is 2.10. The van der Waals surface area contributed by atoms with E-state index in [4.69, 9.17) is 6.57 Å². The number of piperidine rings is 1. The number of anilines is 1. The summed E-state index contributed by atoms with van der Waals surface area (Å²) in [6, 6.07) is 0. The van der Waals surface area contributed by atoms with Crippen molar-refractivity contribution in [1.29, 1.82) is 0 Å². The third-order valence-electron chi connectivity index (χ3n) is 4.54. The number of hydrogen-bond acceptors (Lipinski definition) is 3. The Morgan fingerprint density at radius 1 is 1.21 bits per heavy atom. The molecule has 1 saturated heterocycles. The van der Waals surface area contributed by atoms with Gasteiger partial charge in [0.1, 0.15) is 0 Å². The molecule has 4 rings (SSSR count). The van der Waals surface area contributed by atoms with Gasteiger partial charge in [0.25, 0.3) is 11.6 Å². The van der Waals surface area contributed by atoms with Gasteiger partial charge in [-0.1, -0.05) is 11.6 Å². The fraction of sp³-hybridized carbons (Fsp3) is 0.500. The number of rotatable bonds is 1. The van der Waals surface area contributed by atoms with Crippen molar-refractivity contribution in [3.8, 4) is 0 Å². The first-order valence-electron chi connectivity index (χ1n) is 6.76. The van der Waals surface area contributed by atoms with Crippen LogP contribution in [0.1, 0.15) is 25.7 Å². The van der Waals surface area contributed by atoms with E-state index in [9.17, 15) is 0 Å². The van der Waals surface area contributed by atoms with E-state index in [0.717, 1.165) is 24.6 Å². The molecule has 0 amide bonds. The lowest BCUT2D eigenvalue weighted by Gasteiger charge is -2.31. The van der Waals surface area contributed by atoms with Gasteiger partial charge in [-0.05, 0) is 31.1 Å². The highest BCUT2D eigenvalue weighted by Crippen LogP contribution is 2.53. The van der Waals surface area contributed by atoms with Gasteiger partial charge in [0, 0.05) is 31.7 Å². The second kappa shape index (κ2) is 3.70. The molecule has 2 aliphatic rings. The first-order chi connectivity index (χ1) is 9.30. The fourth-order valence-electron chi connectivity index (χ4n) is 3.04. The van der Waals surface area contributed by atoms with Crippen LogP contribution in [0.2, 0.25) is 0 Å². The van der Waals surface area contributed by atoms with Gasteiger partial charge in [0.2, 0.25) is 5.65 Å². The summed E-state index contributed by atoms with van der Waals surface area (Å²) in [5.41, 5.74) is 1.51. The van der Waals surface area contributed by atoms with E-state index < -0.39 is 0 Å². The van der Waals surface area contributed by atoms with Gasteiger partial charge in [-0.2, -0.15) is 0 Å². The molecule has 5 nitrogen and oxygen atoms in total. The molecule has 19 heavy (non-hydrogen) atoms. The Morgan fingerprint density at radius 2 is 2.00 bits per heavy atom. The number of hydrogen-bond donors (Lipinski definition) is 0. The molecule has 2 fully saturated rings. The van der Waals surface area contributed by atoms with E-state index in [2.05, 4.69) is 19.7 Å². The zero-order valence-corrected chi connectivity index (χ0v) is 10.7. The van der Waals surface area contributed by atoms with Crippen LogP contribution in [0.25, 0.3) is 10.5 Å². The highest BCUT2D eigenvalue weighted by atomic mass is 15.2. The van der Waals surface area contributed by atoms with Crippen molar-refractivity contribution in [1.82, 2.24) is 14.4 Å². The summed E-state index contributed by atoms with van der Waals surface area (Å²) in [4.78, 5) is 14.6. The zero-order valence-electron chi connectivity index (χ0n) is 10.7. The molecule has 5 heteroatoms. The summed E-state index contributed by atoms with van der Waals surface area (Å²) in [6.07, 6.45) is 10.7. The third-order valence-corrected chi connectivity index (χ3v) is 4.54. The minimum atomic E-state index is 0.437. The van der Waals surface area contributed by atoms with E-state index in [1.54, 1.807) is 12.4 Å². The molecule has 1 aliphatic carbocycles. The minimum absolute atomic E-state index is 0.437. The molecule has 2 aromatic heterocycles. The molecule has 1 aliphatic heterocycles. The Hall–Kier alpha value is -2.09. The topological polar surface area (TPSA) is 37.8 Å². The minimum Gasteiger partial charge on any atom is -0.359 e. The van der Waals surface area contributed by atoms with Crippen molar-refractivity contribution < 1.29 is 0 Å². The summed E-state index contributed by atoms with van der Waals surface area (Å²) in [6.45, 7) is 9.24. The molecule has 2 aromatic rings. The van der Waals surface area contributed by atoms with Crippen molar-refractivity contribution in [2.24, 2.45) is 5.41 Å². The van der Waals surface area contributed by atoms with Crippen molar-refractivity contribution in [3.05, 3.63) is 30.0 Å². The average molecular weight is 253 g/mol. The standard InChI is InChI=1S/C14H15N5/c1-15-11-10-19-9-6-16-12(19)13(17-11)18-7-4-14(2-3-14)5-8-18/h6,9-10H,2-5,7-8H2. The molecule has 3 heterocycles. The Balaban J connectivity index is 1.73. The molecular weight excluding hydrogens is 238 g/mol. The van der Waals surface area contributed by atoms with Gasteiger partial charge in [0.15, 0.2) is 0 Å². The first kappa shape index (κ1) is 10.8. The van der Waals surface area contributed by atoms with Crippen LogP contribution in [0.15, 0.2) is 18.6 Å². The average Bonchev–Trinajstić information content (AvgIpc) is 3.03. The first-order valence-corrected chi connectivity index (χ1v) is 6.76. The lowest BCUT2D eigenvalue weighted by molar-refractivity contribution is 0.383. The maximum atomic E-state index is 7.17. The van der Waals surface area contributed by atoms with Crippen LogP contribution in [0.3, 0.4) is 0 Å². The van der Waals surface area contributed by atoms with E-state index >= 15 is 0 Å².